The average molecular weight is 218 g/mol. The third-order valence-electron chi connectivity index (χ3n) is 1.66. The topological polar surface area (TPSA) is 78.3 Å². The average Bonchev–Trinajstić information content (AvgIpc) is 2.19. The van der Waals surface area contributed by atoms with Crippen molar-refractivity contribution in [3.8, 4) is 0 Å². The number of anilines is 1. The number of halogens is 1. The number of nitrogens with zero attached hydrogens (tertiary/aromatic N) is 2. The molecule has 0 aliphatic carbocycles. The van der Waals surface area contributed by atoms with Crippen LogP contribution in [0.2, 0.25) is 5.28 Å². The van der Waals surface area contributed by atoms with Gasteiger partial charge < -0.3 is 15.5 Å². The zero-order valence-corrected chi connectivity index (χ0v) is 8.49. The van der Waals surface area contributed by atoms with Gasteiger partial charge in [0.05, 0.1) is 12.7 Å². The van der Waals surface area contributed by atoms with Gasteiger partial charge in [-0.15, -0.1) is 0 Å². The van der Waals surface area contributed by atoms with Gasteiger partial charge >= 0.3 is 0 Å². The first-order chi connectivity index (χ1) is 6.63. The largest absolute Gasteiger partial charge is 0.394 e. The van der Waals surface area contributed by atoms with Crippen molar-refractivity contribution in [3.05, 3.63) is 17.0 Å². The zero-order chi connectivity index (χ0) is 10.6. The molecule has 1 aromatic rings. The van der Waals surface area contributed by atoms with Gasteiger partial charge in [-0.1, -0.05) is 0 Å². The molecule has 0 aromatic carbocycles. The SMILES string of the molecule is Cc1cnc(Cl)nc1NCC(O)CO. The minimum atomic E-state index is -0.803. The fraction of sp³-hybridized carbons (Fsp3) is 0.500. The first-order valence-electron chi connectivity index (χ1n) is 4.15. The van der Waals surface area contributed by atoms with Gasteiger partial charge in [0.25, 0.3) is 0 Å². The molecule has 1 atom stereocenters. The summed E-state index contributed by atoms with van der Waals surface area (Å²) >= 11 is 5.59. The maximum absolute atomic E-state index is 9.09. The molecule has 3 N–H and O–H groups in total. The minimum Gasteiger partial charge on any atom is -0.394 e. The summed E-state index contributed by atoms with van der Waals surface area (Å²) in [6, 6.07) is 0. The third-order valence-corrected chi connectivity index (χ3v) is 1.84. The van der Waals surface area contributed by atoms with Gasteiger partial charge in [0.2, 0.25) is 5.28 Å². The molecule has 1 heterocycles. The summed E-state index contributed by atoms with van der Waals surface area (Å²) in [5.74, 6) is 0.567. The predicted molar refractivity (Wildman–Crippen MR) is 53.4 cm³/mol. The number of nitrogens with one attached hydrogen (secondary N) is 1. The summed E-state index contributed by atoms with van der Waals surface area (Å²) in [4.78, 5) is 7.72. The second-order valence-electron chi connectivity index (χ2n) is 2.89. The van der Waals surface area contributed by atoms with Crippen LogP contribution in [-0.4, -0.2) is 39.4 Å². The highest BCUT2D eigenvalue weighted by atomic mass is 35.5. The number of hydrogen-bond acceptors (Lipinski definition) is 5. The van der Waals surface area contributed by atoms with Crippen LogP contribution in [0.15, 0.2) is 6.20 Å². The van der Waals surface area contributed by atoms with Gasteiger partial charge in [-0.2, -0.15) is 0 Å². The summed E-state index contributed by atoms with van der Waals surface area (Å²) in [6.45, 7) is 1.76. The van der Waals surface area contributed by atoms with Crippen LogP contribution in [-0.2, 0) is 0 Å². The number of aliphatic hydroxyl groups excluding tert-OH is 2. The zero-order valence-electron chi connectivity index (χ0n) is 7.74. The summed E-state index contributed by atoms with van der Waals surface area (Å²) in [5, 5.41) is 20.7. The Hall–Kier alpha value is -0.910. The molecule has 5 nitrogen and oxygen atoms in total. The Bertz CT molecular complexity index is 309. The van der Waals surface area contributed by atoms with Crippen LogP contribution in [0.1, 0.15) is 5.56 Å². The molecule has 0 aliphatic rings. The summed E-state index contributed by atoms with van der Waals surface area (Å²) in [5.41, 5.74) is 0.833. The second-order valence-corrected chi connectivity index (χ2v) is 3.23. The molecule has 0 amide bonds. The molecule has 1 aromatic heterocycles. The number of rotatable bonds is 4. The molecule has 1 unspecified atom stereocenters. The molecule has 14 heavy (non-hydrogen) atoms. The summed E-state index contributed by atoms with van der Waals surface area (Å²) in [6.07, 6.45) is 0.784. The van der Waals surface area contributed by atoms with E-state index in [1.807, 2.05) is 6.92 Å². The normalized spacial score (nSPS) is 12.6. The molecule has 0 radical (unpaired) electrons. The van der Waals surface area contributed by atoms with E-state index < -0.39 is 6.10 Å². The van der Waals surface area contributed by atoms with Crippen LogP contribution >= 0.6 is 11.6 Å². The lowest BCUT2D eigenvalue weighted by Crippen LogP contribution is -2.23. The van der Waals surface area contributed by atoms with Crippen LogP contribution in [0.3, 0.4) is 0 Å². The summed E-state index contributed by atoms with van der Waals surface area (Å²) < 4.78 is 0. The van der Waals surface area contributed by atoms with Crippen molar-refractivity contribution in [1.29, 1.82) is 0 Å². The third kappa shape index (κ3) is 3.10. The number of hydrogen-bond donors (Lipinski definition) is 3. The Morgan fingerprint density at radius 1 is 1.64 bits per heavy atom. The highest BCUT2D eigenvalue weighted by Crippen LogP contribution is 2.12. The number of aryl methyl sites for hydroxylation is 1. The van der Waals surface area contributed by atoms with E-state index in [0.717, 1.165) is 5.56 Å². The van der Waals surface area contributed by atoms with E-state index in [9.17, 15) is 0 Å². The maximum atomic E-state index is 9.09. The fourth-order valence-corrected chi connectivity index (χ4v) is 1.01. The lowest BCUT2D eigenvalue weighted by atomic mass is 10.3. The van der Waals surface area contributed by atoms with Crippen LogP contribution in [0.5, 0.6) is 0 Å². The van der Waals surface area contributed by atoms with Crippen molar-refractivity contribution in [3.63, 3.8) is 0 Å². The van der Waals surface area contributed by atoms with E-state index in [0.29, 0.717) is 5.82 Å². The molecule has 0 aliphatic heterocycles. The van der Waals surface area contributed by atoms with Gasteiger partial charge in [0.15, 0.2) is 0 Å². The minimum absolute atomic E-state index is 0.150. The van der Waals surface area contributed by atoms with Gasteiger partial charge in [0.1, 0.15) is 5.82 Å². The monoisotopic (exact) mass is 217 g/mol. The lowest BCUT2D eigenvalue weighted by molar-refractivity contribution is 0.105. The standard InChI is InChI=1S/C8H12ClN3O2/c1-5-2-11-8(9)12-7(5)10-3-6(14)4-13/h2,6,13-14H,3-4H2,1H3,(H,10,11,12). The quantitative estimate of drug-likeness (QED) is 0.629. The van der Waals surface area contributed by atoms with Gasteiger partial charge in [-0.05, 0) is 18.5 Å². The molecule has 1 rings (SSSR count). The molecule has 6 heteroatoms. The van der Waals surface area contributed by atoms with E-state index in [4.69, 9.17) is 21.8 Å². The van der Waals surface area contributed by atoms with Gasteiger partial charge in [0, 0.05) is 18.3 Å². The molecule has 0 bridgehead atoms. The smallest absolute Gasteiger partial charge is 0.224 e. The van der Waals surface area contributed by atoms with Crippen molar-refractivity contribution < 1.29 is 10.2 Å². The second kappa shape index (κ2) is 5.09. The Kier molecular flexibility index (Phi) is 4.06. The van der Waals surface area contributed by atoms with Crippen LogP contribution in [0, 0.1) is 6.92 Å². The van der Waals surface area contributed by atoms with E-state index in [1.54, 1.807) is 6.20 Å². The Morgan fingerprint density at radius 2 is 2.36 bits per heavy atom. The highest BCUT2D eigenvalue weighted by Gasteiger charge is 2.05. The molecule has 0 saturated carbocycles. The van der Waals surface area contributed by atoms with Crippen molar-refractivity contribution in [1.82, 2.24) is 9.97 Å². The van der Waals surface area contributed by atoms with E-state index in [2.05, 4.69) is 15.3 Å². The van der Waals surface area contributed by atoms with Crippen molar-refractivity contribution in [2.45, 2.75) is 13.0 Å². The first kappa shape index (κ1) is 11.2. The lowest BCUT2D eigenvalue weighted by Gasteiger charge is -2.10. The predicted octanol–water partition coefficient (Wildman–Crippen LogP) is 0.204. The number of aliphatic hydroxyl groups is 2. The first-order valence-corrected chi connectivity index (χ1v) is 4.53. The van der Waals surface area contributed by atoms with Crippen LogP contribution in [0.25, 0.3) is 0 Å². The molecule has 0 saturated heterocycles. The summed E-state index contributed by atoms with van der Waals surface area (Å²) in [7, 11) is 0. The van der Waals surface area contributed by atoms with E-state index in [-0.39, 0.29) is 18.4 Å². The number of aromatic nitrogens is 2. The molecule has 0 spiro atoms. The van der Waals surface area contributed by atoms with Crippen molar-refractivity contribution in [2.75, 3.05) is 18.5 Å². The Labute approximate surface area is 86.8 Å². The fourth-order valence-electron chi connectivity index (χ4n) is 0.879. The molecule has 78 valence electrons. The van der Waals surface area contributed by atoms with Crippen LogP contribution in [0.4, 0.5) is 5.82 Å². The van der Waals surface area contributed by atoms with Crippen LogP contribution < -0.4 is 5.32 Å². The Balaban J connectivity index is 2.62. The maximum Gasteiger partial charge on any atom is 0.224 e. The van der Waals surface area contributed by atoms with Gasteiger partial charge in [-0.25, -0.2) is 9.97 Å². The van der Waals surface area contributed by atoms with Gasteiger partial charge in [-0.3, -0.25) is 0 Å². The van der Waals surface area contributed by atoms with Crippen molar-refractivity contribution in [2.24, 2.45) is 0 Å². The van der Waals surface area contributed by atoms with E-state index >= 15 is 0 Å². The highest BCUT2D eigenvalue weighted by molar-refractivity contribution is 6.28. The van der Waals surface area contributed by atoms with E-state index in [1.165, 1.54) is 0 Å². The molecular weight excluding hydrogens is 206 g/mol. The van der Waals surface area contributed by atoms with Crippen molar-refractivity contribution >= 4 is 17.4 Å². The Morgan fingerprint density at radius 3 is 3.00 bits per heavy atom. The molecule has 0 fully saturated rings. The molecular formula is C8H12ClN3O2.